The Labute approximate surface area is 115 Å². The first-order valence-electron chi connectivity index (χ1n) is 6.58. The third-order valence-corrected chi connectivity index (χ3v) is 3.93. The smallest absolute Gasteiger partial charge is 0.398 e. The predicted octanol–water partition coefficient (Wildman–Crippen LogP) is 1.84. The summed E-state index contributed by atoms with van der Waals surface area (Å²) in [5.74, 6) is 0. The molecule has 0 spiro atoms. The van der Waals surface area contributed by atoms with E-state index in [2.05, 4.69) is 4.98 Å². The average molecular weight is 263 g/mol. The van der Waals surface area contributed by atoms with Crippen LogP contribution in [0.4, 0.5) is 0 Å². The van der Waals surface area contributed by atoms with E-state index < -0.39 is 7.12 Å². The molecular weight excluding hydrogens is 241 g/mol. The Morgan fingerprint density at radius 2 is 1.74 bits per heavy atom. The van der Waals surface area contributed by atoms with Crippen molar-refractivity contribution in [2.24, 2.45) is 0 Å². The van der Waals surface area contributed by atoms with E-state index in [9.17, 15) is 0 Å². The SMILES string of the molecule is COCc1ccc(C)nc1B1OC(C)(C)C(C)(C)O1. The Morgan fingerprint density at radius 3 is 2.26 bits per heavy atom. The van der Waals surface area contributed by atoms with Crippen LogP contribution in [0.5, 0.6) is 0 Å². The molecule has 0 saturated carbocycles. The van der Waals surface area contributed by atoms with E-state index in [1.54, 1.807) is 7.11 Å². The van der Waals surface area contributed by atoms with Crippen molar-refractivity contribution in [1.82, 2.24) is 4.98 Å². The van der Waals surface area contributed by atoms with Crippen LogP contribution in [0.3, 0.4) is 0 Å². The number of aryl methyl sites for hydroxylation is 1. The van der Waals surface area contributed by atoms with Gasteiger partial charge in [-0.3, -0.25) is 4.98 Å². The molecule has 0 aliphatic carbocycles. The molecule has 4 nitrogen and oxygen atoms in total. The van der Waals surface area contributed by atoms with E-state index in [4.69, 9.17) is 14.0 Å². The monoisotopic (exact) mass is 263 g/mol. The number of methoxy groups -OCH3 is 1. The normalized spacial score (nSPS) is 20.8. The highest BCUT2D eigenvalue weighted by Crippen LogP contribution is 2.36. The lowest BCUT2D eigenvalue weighted by molar-refractivity contribution is 0.00578. The molecule has 1 aromatic heterocycles. The maximum Gasteiger partial charge on any atom is 0.514 e. The van der Waals surface area contributed by atoms with E-state index in [0.29, 0.717) is 6.61 Å². The van der Waals surface area contributed by atoms with Crippen LogP contribution in [0, 0.1) is 6.92 Å². The summed E-state index contributed by atoms with van der Waals surface area (Å²) in [5, 5.41) is 0. The second-order valence-corrected chi connectivity index (χ2v) is 6.02. The molecular formula is C14H22BNO3. The van der Waals surface area contributed by atoms with Gasteiger partial charge in [-0.15, -0.1) is 0 Å². The minimum atomic E-state index is -0.435. The molecule has 5 heteroatoms. The summed E-state index contributed by atoms with van der Waals surface area (Å²) < 4.78 is 17.3. The van der Waals surface area contributed by atoms with E-state index >= 15 is 0 Å². The average Bonchev–Trinajstić information content (AvgIpc) is 2.51. The molecule has 1 saturated heterocycles. The number of hydrogen-bond acceptors (Lipinski definition) is 4. The van der Waals surface area contributed by atoms with Gasteiger partial charge in [-0.2, -0.15) is 0 Å². The zero-order valence-corrected chi connectivity index (χ0v) is 12.6. The maximum absolute atomic E-state index is 6.05. The Bertz CT molecular complexity index is 458. The van der Waals surface area contributed by atoms with E-state index in [0.717, 1.165) is 16.9 Å². The number of ether oxygens (including phenoxy) is 1. The summed E-state index contributed by atoms with van der Waals surface area (Å²) in [6.45, 7) is 10.6. The summed E-state index contributed by atoms with van der Waals surface area (Å²) in [4.78, 5) is 4.57. The Kier molecular flexibility index (Phi) is 3.73. The van der Waals surface area contributed by atoms with Gasteiger partial charge in [0.05, 0.1) is 23.4 Å². The number of hydrogen-bond donors (Lipinski definition) is 0. The molecule has 2 rings (SSSR count). The van der Waals surface area contributed by atoms with E-state index in [1.165, 1.54) is 0 Å². The van der Waals surface area contributed by atoms with Crippen molar-refractivity contribution >= 4 is 12.7 Å². The topological polar surface area (TPSA) is 40.6 Å². The third kappa shape index (κ3) is 2.68. The first-order valence-corrected chi connectivity index (χ1v) is 6.58. The minimum absolute atomic E-state index is 0.354. The number of rotatable bonds is 3. The third-order valence-electron chi connectivity index (χ3n) is 3.93. The van der Waals surface area contributed by atoms with Crippen LogP contribution in [0.2, 0.25) is 0 Å². The molecule has 1 fully saturated rings. The van der Waals surface area contributed by atoms with Gasteiger partial charge in [-0.1, -0.05) is 6.07 Å². The molecule has 104 valence electrons. The lowest BCUT2D eigenvalue weighted by Gasteiger charge is -2.32. The zero-order valence-electron chi connectivity index (χ0n) is 12.6. The van der Waals surface area contributed by atoms with Crippen LogP contribution in [0.25, 0.3) is 0 Å². The molecule has 1 aliphatic rings. The zero-order chi connectivity index (χ0) is 14.3. The second kappa shape index (κ2) is 4.89. The highest BCUT2D eigenvalue weighted by Gasteiger charge is 2.52. The van der Waals surface area contributed by atoms with Gasteiger partial charge in [0.15, 0.2) is 0 Å². The van der Waals surface area contributed by atoms with Crippen molar-refractivity contribution in [3.63, 3.8) is 0 Å². The van der Waals surface area contributed by atoms with Crippen LogP contribution in [0.1, 0.15) is 39.0 Å². The lowest BCUT2D eigenvalue weighted by Crippen LogP contribution is -2.41. The minimum Gasteiger partial charge on any atom is -0.398 e. The van der Waals surface area contributed by atoms with Crippen LogP contribution in [0.15, 0.2) is 12.1 Å². The van der Waals surface area contributed by atoms with Gasteiger partial charge < -0.3 is 14.0 Å². The van der Waals surface area contributed by atoms with Crippen molar-refractivity contribution in [2.45, 2.75) is 52.4 Å². The van der Waals surface area contributed by atoms with Crippen LogP contribution in [-0.4, -0.2) is 30.4 Å². The van der Waals surface area contributed by atoms with Gasteiger partial charge in [0.1, 0.15) is 0 Å². The lowest BCUT2D eigenvalue weighted by atomic mass is 9.81. The van der Waals surface area contributed by atoms with E-state index in [-0.39, 0.29) is 11.2 Å². The predicted molar refractivity (Wildman–Crippen MR) is 75.4 cm³/mol. The molecule has 0 amide bonds. The molecule has 2 heterocycles. The van der Waals surface area contributed by atoms with Gasteiger partial charge in [-0.05, 0) is 46.2 Å². The summed E-state index contributed by atoms with van der Waals surface area (Å²) in [6.07, 6.45) is 0. The summed E-state index contributed by atoms with van der Waals surface area (Å²) in [6, 6.07) is 4.00. The van der Waals surface area contributed by atoms with Crippen LogP contribution >= 0.6 is 0 Å². The van der Waals surface area contributed by atoms with Crippen molar-refractivity contribution in [3.05, 3.63) is 23.4 Å². The van der Waals surface area contributed by atoms with Gasteiger partial charge in [0.2, 0.25) is 0 Å². The van der Waals surface area contributed by atoms with Crippen molar-refractivity contribution in [2.75, 3.05) is 7.11 Å². The van der Waals surface area contributed by atoms with E-state index in [1.807, 2.05) is 46.8 Å². The number of nitrogens with zero attached hydrogens (tertiary/aromatic N) is 1. The highest BCUT2D eigenvalue weighted by molar-refractivity contribution is 6.61. The second-order valence-electron chi connectivity index (χ2n) is 6.02. The number of pyridine rings is 1. The first-order chi connectivity index (χ1) is 8.77. The largest absolute Gasteiger partial charge is 0.514 e. The molecule has 0 atom stereocenters. The van der Waals surface area contributed by atoms with Gasteiger partial charge >= 0.3 is 7.12 Å². The fraction of sp³-hybridized carbons (Fsp3) is 0.643. The summed E-state index contributed by atoms with van der Waals surface area (Å²) >= 11 is 0. The molecule has 19 heavy (non-hydrogen) atoms. The Balaban J connectivity index is 2.35. The fourth-order valence-electron chi connectivity index (χ4n) is 2.04. The van der Waals surface area contributed by atoms with Crippen LogP contribution < -0.4 is 5.59 Å². The Morgan fingerprint density at radius 1 is 1.16 bits per heavy atom. The molecule has 0 unspecified atom stereocenters. The molecule has 1 aromatic rings. The Hall–Kier alpha value is -0.905. The van der Waals surface area contributed by atoms with Crippen LogP contribution in [-0.2, 0) is 20.7 Å². The molecule has 0 N–H and O–H groups in total. The standard InChI is InChI=1S/C14H22BNO3/c1-10-7-8-11(9-17-6)12(16-10)15-18-13(2,3)14(4,5)19-15/h7-8H,9H2,1-6H3. The summed E-state index contributed by atoms with van der Waals surface area (Å²) in [5.41, 5.74) is 2.07. The van der Waals surface area contributed by atoms with Crippen molar-refractivity contribution in [1.29, 1.82) is 0 Å². The van der Waals surface area contributed by atoms with Gasteiger partial charge in [0.25, 0.3) is 0 Å². The number of aromatic nitrogens is 1. The van der Waals surface area contributed by atoms with Crippen molar-refractivity contribution in [3.8, 4) is 0 Å². The first kappa shape index (κ1) is 14.5. The van der Waals surface area contributed by atoms with Crippen molar-refractivity contribution < 1.29 is 14.0 Å². The molecule has 0 bridgehead atoms. The fourth-order valence-corrected chi connectivity index (χ4v) is 2.04. The van der Waals surface area contributed by atoms with Gasteiger partial charge in [0, 0.05) is 12.8 Å². The van der Waals surface area contributed by atoms with Gasteiger partial charge in [-0.25, -0.2) is 0 Å². The maximum atomic E-state index is 6.05. The molecule has 0 radical (unpaired) electrons. The highest BCUT2D eigenvalue weighted by atomic mass is 16.7. The quantitative estimate of drug-likeness (QED) is 0.780. The summed E-state index contributed by atoms with van der Waals surface area (Å²) in [7, 11) is 1.24. The molecule has 1 aliphatic heterocycles. The molecule has 0 aromatic carbocycles.